The van der Waals surface area contributed by atoms with Crippen molar-refractivity contribution in [2.75, 3.05) is 26.4 Å². The molecule has 0 amide bonds. The van der Waals surface area contributed by atoms with E-state index in [1.54, 1.807) is 13.0 Å². The van der Waals surface area contributed by atoms with Gasteiger partial charge in [-0.15, -0.1) is 0 Å². The Morgan fingerprint density at radius 1 is 0.759 bits per heavy atom. The molecule has 0 radical (unpaired) electrons. The van der Waals surface area contributed by atoms with Crippen molar-refractivity contribution in [1.82, 2.24) is 0 Å². The number of benzene rings is 2. The lowest BCUT2D eigenvalue weighted by molar-refractivity contribution is -0.139. The average molecular weight is 396 g/mol. The number of hydrogen-bond acceptors (Lipinski definition) is 6. The number of rotatable bonds is 11. The first-order chi connectivity index (χ1) is 14.1. The molecule has 0 N–H and O–H groups in total. The van der Waals surface area contributed by atoms with E-state index in [4.69, 9.17) is 18.9 Å². The second-order valence-electron chi connectivity index (χ2n) is 5.78. The van der Waals surface area contributed by atoms with Gasteiger partial charge >= 0.3 is 11.9 Å². The van der Waals surface area contributed by atoms with Gasteiger partial charge in [-0.05, 0) is 42.3 Å². The molecule has 0 spiro atoms. The Hall–Kier alpha value is -3.54. The third-order valence-electron chi connectivity index (χ3n) is 3.70. The number of ether oxygens (including phenoxy) is 4. The van der Waals surface area contributed by atoms with Gasteiger partial charge in [0.1, 0.15) is 37.9 Å². The molecule has 0 unspecified atom stereocenters. The van der Waals surface area contributed by atoms with Gasteiger partial charge in [-0.1, -0.05) is 36.9 Å². The normalized spacial score (nSPS) is 10.4. The lowest BCUT2D eigenvalue weighted by Crippen LogP contribution is -2.10. The molecule has 0 heterocycles. The van der Waals surface area contributed by atoms with Crippen LogP contribution in [0.1, 0.15) is 6.92 Å². The first-order valence-corrected chi connectivity index (χ1v) is 9.17. The minimum Gasteiger partial charge on any atom is -0.490 e. The van der Waals surface area contributed by atoms with Crippen LogP contribution in [-0.4, -0.2) is 38.4 Å². The van der Waals surface area contributed by atoms with Crippen LogP contribution >= 0.6 is 0 Å². The van der Waals surface area contributed by atoms with Crippen LogP contribution in [0.3, 0.4) is 0 Å². The fourth-order valence-electron chi connectivity index (χ4n) is 2.33. The lowest BCUT2D eigenvalue weighted by Gasteiger charge is -2.09. The predicted octanol–water partition coefficient (Wildman–Crippen LogP) is 3.96. The van der Waals surface area contributed by atoms with Gasteiger partial charge in [0.25, 0.3) is 0 Å². The van der Waals surface area contributed by atoms with Gasteiger partial charge in [0.15, 0.2) is 0 Å². The van der Waals surface area contributed by atoms with E-state index in [1.807, 2.05) is 48.5 Å². The SMILES string of the molecule is C=CC(=O)OCCOc1ccc(-c2ccc(OCCOC(=O)/C=C\C)cc2)cc1. The average Bonchev–Trinajstić information content (AvgIpc) is 2.75. The molecule has 2 aromatic carbocycles. The summed E-state index contributed by atoms with van der Waals surface area (Å²) in [5.74, 6) is 0.545. The summed E-state index contributed by atoms with van der Waals surface area (Å²) in [5.41, 5.74) is 2.06. The molecule has 0 atom stereocenters. The molecule has 0 aromatic heterocycles. The highest BCUT2D eigenvalue weighted by molar-refractivity contribution is 5.81. The quantitative estimate of drug-likeness (QED) is 0.325. The number of allylic oxidation sites excluding steroid dienone is 1. The third kappa shape index (κ3) is 7.92. The molecular weight excluding hydrogens is 372 g/mol. The van der Waals surface area contributed by atoms with Crippen LogP contribution in [0.15, 0.2) is 73.3 Å². The van der Waals surface area contributed by atoms with E-state index in [0.29, 0.717) is 11.5 Å². The molecule has 6 heteroatoms. The van der Waals surface area contributed by atoms with E-state index in [-0.39, 0.29) is 32.4 Å². The summed E-state index contributed by atoms with van der Waals surface area (Å²) in [6, 6.07) is 15.2. The summed E-state index contributed by atoms with van der Waals surface area (Å²) >= 11 is 0. The number of carbonyl (C=O) groups excluding carboxylic acids is 2. The van der Waals surface area contributed by atoms with Crippen LogP contribution in [0, 0.1) is 0 Å². The Balaban J connectivity index is 1.78. The van der Waals surface area contributed by atoms with Crippen molar-refractivity contribution in [1.29, 1.82) is 0 Å². The zero-order valence-corrected chi connectivity index (χ0v) is 16.3. The van der Waals surface area contributed by atoms with Crippen molar-refractivity contribution in [2.24, 2.45) is 0 Å². The molecule has 29 heavy (non-hydrogen) atoms. The van der Waals surface area contributed by atoms with E-state index >= 15 is 0 Å². The molecule has 2 rings (SSSR count). The van der Waals surface area contributed by atoms with Crippen molar-refractivity contribution in [3.63, 3.8) is 0 Å². The summed E-state index contributed by atoms with van der Waals surface area (Å²) in [6.07, 6.45) is 4.11. The van der Waals surface area contributed by atoms with Gasteiger partial charge in [0.05, 0.1) is 0 Å². The Kier molecular flexibility index (Phi) is 9.02. The van der Waals surface area contributed by atoms with Gasteiger partial charge in [-0.25, -0.2) is 9.59 Å². The van der Waals surface area contributed by atoms with E-state index in [1.165, 1.54) is 6.08 Å². The molecule has 0 aliphatic rings. The van der Waals surface area contributed by atoms with Crippen molar-refractivity contribution in [2.45, 2.75) is 6.92 Å². The third-order valence-corrected chi connectivity index (χ3v) is 3.70. The fourth-order valence-corrected chi connectivity index (χ4v) is 2.33. The highest BCUT2D eigenvalue weighted by Crippen LogP contribution is 2.24. The van der Waals surface area contributed by atoms with E-state index in [9.17, 15) is 9.59 Å². The number of hydrogen-bond donors (Lipinski definition) is 0. The van der Waals surface area contributed by atoms with Gasteiger partial charge in [0.2, 0.25) is 0 Å². The Labute approximate surface area is 170 Å². The molecule has 6 nitrogen and oxygen atoms in total. The Morgan fingerprint density at radius 2 is 1.21 bits per heavy atom. The molecule has 0 fully saturated rings. The van der Waals surface area contributed by atoms with E-state index < -0.39 is 5.97 Å². The summed E-state index contributed by atoms with van der Waals surface area (Å²) in [4.78, 5) is 22.1. The maximum Gasteiger partial charge on any atom is 0.330 e. The van der Waals surface area contributed by atoms with Crippen LogP contribution in [0.2, 0.25) is 0 Å². The maximum absolute atomic E-state index is 11.2. The van der Waals surface area contributed by atoms with Crippen LogP contribution in [0.4, 0.5) is 0 Å². The van der Waals surface area contributed by atoms with E-state index in [0.717, 1.165) is 17.2 Å². The van der Waals surface area contributed by atoms with Gasteiger partial charge in [-0.2, -0.15) is 0 Å². The monoisotopic (exact) mass is 396 g/mol. The molecule has 2 aromatic rings. The van der Waals surface area contributed by atoms with E-state index in [2.05, 4.69) is 6.58 Å². The van der Waals surface area contributed by atoms with Crippen molar-refractivity contribution in [3.8, 4) is 22.6 Å². The number of carbonyl (C=O) groups is 2. The van der Waals surface area contributed by atoms with Gasteiger partial charge in [0, 0.05) is 12.2 Å². The fraction of sp³-hybridized carbons (Fsp3) is 0.217. The van der Waals surface area contributed by atoms with Crippen molar-refractivity contribution >= 4 is 11.9 Å². The van der Waals surface area contributed by atoms with Gasteiger partial charge in [-0.3, -0.25) is 0 Å². The minimum atomic E-state index is -0.467. The second-order valence-corrected chi connectivity index (χ2v) is 5.78. The van der Waals surface area contributed by atoms with Crippen LogP contribution in [0.25, 0.3) is 11.1 Å². The molecule has 0 aliphatic carbocycles. The second kappa shape index (κ2) is 12.0. The largest absolute Gasteiger partial charge is 0.490 e. The molecule has 0 saturated carbocycles. The highest BCUT2D eigenvalue weighted by atomic mass is 16.6. The summed E-state index contributed by atoms with van der Waals surface area (Å²) < 4.78 is 20.9. The van der Waals surface area contributed by atoms with Gasteiger partial charge < -0.3 is 18.9 Å². The zero-order valence-electron chi connectivity index (χ0n) is 16.3. The topological polar surface area (TPSA) is 71.1 Å². The summed E-state index contributed by atoms with van der Waals surface area (Å²) in [7, 11) is 0. The van der Waals surface area contributed by atoms with Crippen LogP contribution in [-0.2, 0) is 19.1 Å². The van der Waals surface area contributed by atoms with Crippen molar-refractivity contribution in [3.05, 3.63) is 73.3 Å². The molecule has 152 valence electrons. The zero-order chi connectivity index (χ0) is 20.9. The standard InChI is InChI=1S/C23H24O6/c1-3-5-23(25)29-17-15-27-21-12-8-19(9-13-21)18-6-10-20(11-7-18)26-14-16-28-22(24)4-2/h3-13H,2,14-17H2,1H3/b5-3-. The molecule has 0 bridgehead atoms. The smallest absolute Gasteiger partial charge is 0.330 e. The summed E-state index contributed by atoms with van der Waals surface area (Å²) in [6.45, 7) is 6.01. The maximum atomic E-state index is 11.2. The summed E-state index contributed by atoms with van der Waals surface area (Å²) in [5, 5.41) is 0. The molecule has 0 saturated heterocycles. The molecule has 0 aliphatic heterocycles. The Bertz CT molecular complexity index is 821. The molecular formula is C23H24O6. The first kappa shape index (κ1) is 21.8. The first-order valence-electron chi connectivity index (χ1n) is 9.17. The van der Waals surface area contributed by atoms with Crippen LogP contribution < -0.4 is 9.47 Å². The number of esters is 2. The Morgan fingerprint density at radius 3 is 1.62 bits per heavy atom. The minimum absolute atomic E-state index is 0.169. The predicted molar refractivity (Wildman–Crippen MR) is 110 cm³/mol. The lowest BCUT2D eigenvalue weighted by atomic mass is 10.1. The van der Waals surface area contributed by atoms with Crippen LogP contribution in [0.5, 0.6) is 11.5 Å². The van der Waals surface area contributed by atoms with Crippen molar-refractivity contribution < 1.29 is 28.5 Å². The highest BCUT2D eigenvalue weighted by Gasteiger charge is 2.02.